The minimum absolute atomic E-state index is 0.0268. The summed E-state index contributed by atoms with van der Waals surface area (Å²) in [5.74, 6) is -0.763. The van der Waals surface area contributed by atoms with Gasteiger partial charge in [-0.25, -0.2) is 12.8 Å². The maximum absolute atomic E-state index is 14.3. The number of anilines is 1. The van der Waals surface area contributed by atoms with Gasteiger partial charge >= 0.3 is 0 Å². The molecule has 1 N–H and O–H groups in total. The number of hydrogen-bond acceptors (Lipinski definition) is 5. The zero-order valence-corrected chi connectivity index (χ0v) is 21.5. The summed E-state index contributed by atoms with van der Waals surface area (Å²) in [6.45, 7) is 5.90. The summed E-state index contributed by atoms with van der Waals surface area (Å²) in [7, 11) is -3.65. The largest absolute Gasteiger partial charge is 0.492 e. The molecule has 0 spiro atoms. The first kappa shape index (κ1) is 28.1. The first-order valence-electron chi connectivity index (χ1n) is 11.6. The van der Waals surface area contributed by atoms with Gasteiger partial charge in [0.05, 0.1) is 18.6 Å². The van der Waals surface area contributed by atoms with Gasteiger partial charge in [-0.3, -0.25) is 13.9 Å². The molecule has 1 atom stereocenters. The zero-order valence-electron chi connectivity index (χ0n) is 20.7. The molecule has 2 aromatic carbocycles. The normalized spacial score (nSPS) is 12.0. The van der Waals surface area contributed by atoms with E-state index in [1.54, 1.807) is 63.2 Å². The number of ether oxygens (including phenoxy) is 1. The molecule has 0 saturated carbocycles. The smallest absolute Gasteiger partial charge is 0.242 e. The van der Waals surface area contributed by atoms with E-state index in [1.807, 2.05) is 0 Å². The van der Waals surface area contributed by atoms with Crippen molar-refractivity contribution in [3.05, 3.63) is 59.9 Å². The first-order chi connectivity index (χ1) is 16.6. The van der Waals surface area contributed by atoms with Gasteiger partial charge in [-0.05, 0) is 45.4 Å². The van der Waals surface area contributed by atoms with Crippen LogP contribution in [0.2, 0.25) is 0 Å². The van der Waals surface area contributed by atoms with Crippen LogP contribution >= 0.6 is 0 Å². The van der Waals surface area contributed by atoms with Gasteiger partial charge in [0, 0.05) is 31.6 Å². The Hall–Kier alpha value is -3.14. The lowest BCUT2D eigenvalue weighted by atomic mass is 10.1. The first-order valence-corrected chi connectivity index (χ1v) is 13.4. The number of likely N-dealkylation sites (N-methyl/N-ethyl adjacent to an activating group) is 1. The third-order valence-corrected chi connectivity index (χ3v) is 6.58. The van der Waals surface area contributed by atoms with Crippen molar-refractivity contribution >= 4 is 27.5 Å². The lowest BCUT2D eigenvalue weighted by Gasteiger charge is -2.29. The molecule has 2 aromatic rings. The van der Waals surface area contributed by atoms with Crippen molar-refractivity contribution < 1.29 is 27.1 Å². The highest BCUT2D eigenvalue weighted by atomic mass is 32.2. The summed E-state index contributed by atoms with van der Waals surface area (Å²) in [5, 5.41) is 2.69. The van der Waals surface area contributed by atoms with Crippen LogP contribution in [0.3, 0.4) is 0 Å². The number of halogens is 1. The second-order valence-electron chi connectivity index (χ2n) is 8.02. The van der Waals surface area contributed by atoms with Crippen LogP contribution in [0.25, 0.3) is 0 Å². The maximum Gasteiger partial charge on any atom is 0.242 e. The summed E-state index contributed by atoms with van der Waals surface area (Å²) in [4.78, 5) is 27.0. The predicted octanol–water partition coefficient (Wildman–Crippen LogP) is 3.32. The SMILES string of the molecule is CCNC(=O)[C@@H](C)N(Cc1ccccc1F)C(=O)CCCN(c1ccccc1OCC)S(C)(=O)=O. The molecule has 192 valence electrons. The molecule has 0 saturated heterocycles. The fraction of sp³-hybridized carbons (Fsp3) is 0.440. The molecule has 0 heterocycles. The Kier molecular flexibility index (Phi) is 10.5. The van der Waals surface area contributed by atoms with Gasteiger partial charge in [0.2, 0.25) is 21.8 Å². The van der Waals surface area contributed by atoms with Crippen molar-refractivity contribution in [1.82, 2.24) is 10.2 Å². The third-order valence-electron chi connectivity index (χ3n) is 5.40. The standard InChI is InChI=1S/C25H34FN3O5S/c1-5-27-25(31)19(3)28(18-20-12-7-8-13-21(20)26)24(30)16-11-17-29(35(4,32)33)22-14-9-10-15-23(22)34-6-2/h7-10,12-15,19H,5-6,11,16-18H2,1-4H3,(H,27,31)/t19-/m1/s1. The molecular formula is C25H34FN3O5S. The van der Waals surface area contributed by atoms with Crippen molar-refractivity contribution in [2.75, 3.05) is 30.3 Å². The van der Waals surface area contributed by atoms with E-state index >= 15 is 0 Å². The summed E-state index contributed by atoms with van der Waals surface area (Å²) in [6.07, 6.45) is 1.27. The Labute approximate surface area is 207 Å². The van der Waals surface area contributed by atoms with E-state index in [9.17, 15) is 22.4 Å². The Morgan fingerprint density at radius 1 is 1.09 bits per heavy atom. The average Bonchev–Trinajstić information content (AvgIpc) is 2.81. The fourth-order valence-electron chi connectivity index (χ4n) is 3.64. The molecule has 0 aromatic heterocycles. The lowest BCUT2D eigenvalue weighted by molar-refractivity contribution is -0.140. The van der Waals surface area contributed by atoms with Gasteiger partial charge in [0.15, 0.2) is 0 Å². The van der Waals surface area contributed by atoms with E-state index in [4.69, 9.17) is 4.74 Å². The van der Waals surface area contributed by atoms with Crippen LogP contribution in [0.5, 0.6) is 5.75 Å². The van der Waals surface area contributed by atoms with Crippen molar-refractivity contribution in [3.63, 3.8) is 0 Å². The molecular weight excluding hydrogens is 473 g/mol. The van der Waals surface area contributed by atoms with Gasteiger partial charge in [0.1, 0.15) is 17.6 Å². The number of nitrogens with one attached hydrogen (secondary N) is 1. The number of amides is 2. The molecule has 0 unspecified atom stereocenters. The van der Waals surface area contributed by atoms with E-state index in [0.717, 1.165) is 6.26 Å². The number of sulfonamides is 1. The maximum atomic E-state index is 14.3. The highest BCUT2D eigenvalue weighted by Crippen LogP contribution is 2.30. The average molecular weight is 508 g/mol. The molecule has 0 aliphatic rings. The number of benzene rings is 2. The molecule has 35 heavy (non-hydrogen) atoms. The van der Waals surface area contributed by atoms with Crippen LogP contribution in [0.15, 0.2) is 48.5 Å². The van der Waals surface area contributed by atoms with E-state index in [-0.39, 0.29) is 37.7 Å². The minimum Gasteiger partial charge on any atom is -0.492 e. The van der Waals surface area contributed by atoms with Gasteiger partial charge < -0.3 is 15.0 Å². The van der Waals surface area contributed by atoms with Crippen molar-refractivity contribution in [2.24, 2.45) is 0 Å². The van der Waals surface area contributed by atoms with Crippen LogP contribution in [0.4, 0.5) is 10.1 Å². The summed E-state index contributed by atoms with van der Waals surface area (Å²) in [5.41, 5.74) is 0.684. The van der Waals surface area contributed by atoms with Gasteiger partial charge in [-0.15, -0.1) is 0 Å². The Morgan fingerprint density at radius 2 is 1.74 bits per heavy atom. The molecule has 0 radical (unpaired) electrons. The third kappa shape index (κ3) is 7.95. The highest BCUT2D eigenvalue weighted by Gasteiger charge is 2.27. The summed E-state index contributed by atoms with van der Waals surface area (Å²) in [6, 6.07) is 12.1. The minimum atomic E-state index is -3.65. The van der Waals surface area contributed by atoms with Crippen LogP contribution < -0.4 is 14.4 Å². The van der Waals surface area contributed by atoms with Crippen molar-refractivity contribution in [2.45, 2.75) is 46.2 Å². The lowest BCUT2D eigenvalue weighted by Crippen LogP contribution is -2.47. The van der Waals surface area contributed by atoms with Crippen LogP contribution in [0, 0.1) is 5.82 Å². The molecule has 0 aliphatic carbocycles. The second kappa shape index (κ2) is 13.1. The molecule has 0 aliphatic heterocycles. The highest BCUT2D eigenvalue weighted by molar-refractivity contribution is 7.92. The predicted molar refractivity (Wildman–Crippen MR) is 134 cm³/mol. The monoisotopic (exact) mass is 507 g/mol. The number of rotatable bonds is 13. The molecule has 10 heteroatoms. The Bertz CT molecular complexity index is 1110. The number of nitrogens with zero attached hydrogens (tertiary/aromatic N) is 2. The molecule has 0 fully saturated rings. The number of hydrogen-bond donors (Lipinski definition) is 1. The summed E-state index contributed by atoms with van der Waals surface area (Å²) >= 11 is 0. The zero-order chi connectivity index (χ0) is 26.0. The number of para-hydroxylation sites is 2. The second-order valence-corrected chi connectivity index (χ2v) is 9.93. The number of carbonyl (C=O) groups excluding carboxylic acids is 2. The summed E-state index contributed by atoms with van der Waals surface area (Å²) < 4.78 is 46.1. The van der Waals surface area contributed by atoms with Gasteiger partial charge in [-0.1, -0.05) is 30.3 Å². The van der Waals surface area contributed by atoms with E-state index in [1.165, 1.54) is 15.3 Å². The topological polar surface area (TPSA) is 96.0 Å². The fourth-order valence-corrected chi connectivity index (χ4v) is 4.61. The van der Waals surface area contributed by atoms with Crippen LogP contribution in [-0.4, -0.2) is 57.1 Å². The quantitative estimate of drug-likeness (QED) is 0.449. The van der Waals surface area contributed by atoms with Crippen molar-refractivity contribution in [3.8, 4) is 5.75 Å². The molecule has 8 nitrogen and oxygen atoms in total. The van der Waals surface area contributed by atoms with Crippen LogP contribution in [0.1, 0.15) is 39.2 Å². The molecule has 0 bridgehead atoms. The van der Waals surface area contributed by atoms with E-state index < -0.39 is 21.9 Å². The Morgan fingerprint density at radius 3 is 2.37 bits per heavy atom. The van der Waals surface area contributed by atoms with Gasteiger partial charge in [-0.2, -0.15) is 0 Å². The van der Waals surface area contributed by atoms with E-state index in [2.05, 4.69) is 5.32 Å². The molecule has 2 amide bonds. The Balaban J connectivity index is 2.20. The molecule has 2 rings (SSSR count). The van der Waals surface area contributed by atoms with Gasteiger partial charge in [0.25, 0.3) is 0 Å². The van der Waals surface area contributed by atoms with Crippen LogP contribution in [-0.2, 0) is 26.2 Å². The van der Waals surface area contributed by atoms with E-state index in [0.29, 0.717) is 30.2 Å². The number of carbonyl (C=O) groups is 2. The van der Waals surface area contributed by atoms with Crippen molar-refractivity contribution in [1.29, 1.82) is 0 Å².